The summed E-state index contributed by atoms with van der Waals surface area (Å²) >= 11 is 0. The number of halogens is 1. The van der Waals surface area contributed by atoms with Crippen LogP contribution in [0.5, 0.6) is 0 Å². The van der Waals surface area contributed by atoms with Gasteiger partial charge in [0.25, 0.3) is 0 Å². The summed E-state index contributed by atoms with van der Waals surface area (Å²) < 4.78 is 14.3. The fourth-order valence-corrected chi connectivity index (χ4v) is 3.68. The maximum atomic E-state index is 14.3. The molecule has 0 saturated heterocycles. The van der Waals surface area contributed by atoms with E-state index in [0.717, 1.165) is 38.5 Å². The SMILES string of the molecule is CCCCC(C)(C)[C@H](O)/C=C/[C@H]1C(O)C[C@@H](F)[C@@H]1C/C=C\CCCCO. The number of hydrogen-bond donors (Lipinski definition) is 3. The second kappa shape index (κ2) is 11.9. The zero-order valence-electron chi connectivity index (χ0n) is 16.8. The van der Waals surface area contributed by atoms with Gasteiger partial charge >= 0.3 is 0 Å². The first-order valence-corrected chi connectivity index (χ1v) is 10.3. The van der Waals surface area contributed by atoms with Crippen LogP contribution in [-0.2, 0) is 0 Å². The summed E-state index contributed by atoms with van der Waals surface area (Å²) in [6.45, 7) is 6.44. The lowest BCUT2D eigenvalue weighted by Crippen LogP contribution is -2.28. The van der Waals surface area contributed by atoms with E-state index in [1.165, 1.54) is 0 Å². The van der Waals surface area contributed by atoms with Gasteiger partial charge in [-0.05, 0) is 37.5 Å². The highest BCUT2D eigenvalue weighted by Gasteiger charge is 2.41. The zero-order chi connectivity index (χ0) is 19.6. The van der Waals surface area contributed by atoms with E-state index >= 15 is 0 Å². The summed E-state index contributed by atoms with van der Waals surface area (Å²) in [4.78, 5) is 0. The van der Waals surface area contributed by atoms with Crippen LogP contribution >= 0.6 is 0 Å². The third-order valence-corrected chi connectivity index (χ3v) is 5.71. The minimum Gasteiger partial charge on any atom is -0.396 e. The number of hydrogen-bond acceptors (Lipinski definition) is 3. The molecule has 1 unspecified atom stereocenters. The molecular formula is C22H39FO3. The van der Waals surface area contributed by atoms with Gasteiger partial charge in [-0.1, -0.05) is 57.9 Å². The van der Waals surface area contributed by atoms with Crippen molar-refractivity contribution in [2.24, 2.45) is 17.3 Å². The average molecular weight is 371 g/mol. The molecule has 0 heterocycles. The molecule has 0 amide bonds. The molecule has 0 aromatic rings. The molecule has 0 spiro atoms. The summed E-state index contributed by atoms with van der Waals surface area (Å²) in [5.74, 6) is -0.481. The van der Waals surface area contributed by atoms with Crippen molar-refractivity contribution < 1.29 is 19.7 Å². The van der Waals surface area contributed by atoms with E-state index < -0.39 is 18.4 Å². The van der Waals surface area contributed by atoms with Gasteiger partial charge in [0.2, 0.25) is 0 Å². The van der Waals surface area contributed by atoms with E-state index in [1.54, 1.807) is 6.08 Å². The van der Waals surface area contributed by atoms with E-state index in [-0.39, 0.29) is 30.3 Å². The lowest BCUT2D eigenvalue weighted by atomic mass is 9.80. The maximum absolute atomic E-state index is 14.3. The Kier molecular flexibility index (Phi) is 10.7. The molecule has 1 rings (SSSR count). The Hall–Kier alpha value is -0.710. The molecular weight excluding hydrogens is 331 g/mol. The molecule has 0 aromatic carbocycles. The van der Waals surface area contributed by atoms with Gasteiger partial charge < -0.3 is 15.3 Å². The van der Waals surface area contributed by atoms with Crippen molar-refractivity contribution in [2.75, 3.05) is 6.61 Å². The molecule has 1 aliphatic carbocycles. The highest BCUT2D eigenvalue weighted by molar-refractivity contribution is 5.07. The van der Waals surface area contributed by atoms with Crippen molar-refractivity contribution in [3.8, 4) is 0 Å². The first-order valence-electron chi connectivity index (χ1n) is 10.3. The predicted octanol–water partition coefficient (Wildman–Crippen LogP) is 4.56. The number of aliphatic hydroxyl groups is 3. The molecule has 0 radical (unpaired) electrons. The summed E-state index contributed by atoms with van der Waals surface area (Å²) in [6.07, 6.45) is 11.8. The van der Waals surface area contributed by atoms with Gasteiger partial charge in [0.05, 0.1) is 12.2 Å². The van der Waals surface area contributed by atoms with Crippen molar-refractivity contribution in [3.05, 3.63) is 24.3 Å². The van der Waals surface area contributed by atoms with Crippen molar-refractivity contribution in [1.29, 1.82) is 0 Å². The normalized spacial score (nSPS) is 28.4. The van der Waals surface area contributed by atoms with E-state index in [1.807, 2.05) is 32.1 Å². The Balaban J connectivity index is 2.63. The minimum absolute atomic E-state index is 0.174. The average Bonchev–Trinajstić information content (AvgIpc) is 2.87. The van der Waals surface area contributed by atoms with Crippen LogP contribution in [0.1, 0.15) is 72.1 Å². The first-order chi connectivity index (χ1) is 12.3. The Morgan fingerprint density at radius 3 is 2.58 bits per heavy atom. The molecule has 3 nitrogen and oxygen atoms in total. The molecule has 1 fully saturated rings. The number of unbranched alkanes of at least 4 members (excludes halogenated alkanes) is 3. The smallest absolute Gasteiger partial charge is 0.106 e. The number of aliphatic hydroxyl groups excluding tert-OH is 3. The van der Waals surface area contributed by atoms with Gasteiger partial charge in [-0.3, -0.25) is 0 Å². The second-order valence-electron chi connectivity index (χ2n) is 8.41. The molecule has 0 bridgehead atoms. The Morgan fingerprint density at radius 2 is 1.92 bits per heavy atom. The van der Waals surface area contributed by atoms with E-state index in [2.05, 4.69) is 6.92 Å². The highest BCUT2D eigenvalue weighted by atomic mass is 19.1. The Bertz CT molecular complexity index is 433. The van der Waals surface area contributed by atoms with Gasteiger partial charge in [-0.15, -0.1) is 0 Å². The lowest BCUT2D eigenvalue weighted by Gasteiger charge is -2.29. The van der Waals surface area contributed by atoms with Crippen molar-refractivity contribution in [1.82, 2.24) is 0 Å². The lowest BCUT2D eigenvalue weighted by molar-refractivity contribution is 0.0798. The number of allylic oxidation sites excluding steroid dienone is 2. The van der Waals surface area contributed by atoms with Gasteiger partial charge in [0.15, 0.2) is 0 Å². The maximum Gasteiger partial charge on any atom is 0.106 e. The fourth-order valence-electron chi connectivity index (χ4n) is 3.68. The molecule has 0 aliphatic heterocycles. The fraction of sp³-hybridized carbons (Fsp3) is 0.818. The summed E-state index contributed by atoms with van der Waals surface area (Å²) in [5.41, 5.74) is -0.215. The van der Waals surface area contributed by atoms with Crippen molar-refractivity contribution >= 4 is 0 Å². The van der Waals surface area contributed by atoms with Crippen molar-refractivity contribution in [3.63, 3.8) is 0 Å². The van der Waals surface area contributed by atoms with Crippen molar-refractivity contribution in [2.45, 2.75) is 90.5 Å². The Labute approximate surface area is 159 Å². The topological polar surface area (TPSA) is 60.7 Å². The molecule has 0 aromatic heterocycles. The molecule has 3 N–H and O–H groups in total. The molecule has 1 saturated carbocycles. The largest absolute Gasteiger partial charge is 0.396 e. The third kappa shape index (κ3) is 7.50. The monoisotopic (exact) mass is 370 g/mol. The Morgan fingerprint density at radius 1 is 1.19 bits per heavy atom. The second-order valence-corrected chi connectivity index (χ2v) is 8.41. The summed E-state index contributed by atoms with van der Waals surface area (Å²) in [5, 5.41) is 29.5. The van der Waals surface area contributed by atoms with Crippen LogP contribution in [0.4, 0.5) is 4.39 Å². The van der Waals surface area contributed by atoms with Crippen LogP contribution in [0.2, 0.25) is 0 Å². The summed E-state index contributed by atoms with van der Waals surface area (Å²) in [7, 11) is 0. The predicted molar refractivity (Wildman–Crippen MR) is 106 cm³/mol. The summed E-state index contributed by atoms with van der Waals surface area (Å²) in [6, 6.07) is 0. The molecule has 152 valence electrons. The highest BCUT2D eigenvalue weighted by Crippen LogP contribution is 2.39. The van der Waals surface area contributed by atoms with Crippen LogP contribution in [0.15, 0.2) is 24.3 Å². The van der Waals surface area contributed by atoms with E-state index in [9.17, 15) is 14.6 Å². The standard InChI is InChI=1S/C22H39FO3/c1-4-5-14-22(2,3)21(26)13-12-18-17(19(23)16-20(18)25)11-9-7-6-8-10-15-24/h7,9,12-13,17-21,24-26H,4-6,8,10-11,14-16H2,1-3H3/b9-7-,13-12+/t17-,18-,19-,20?,21-/m1/s1. The van der Waals surface area contributed by atoms with Crippen LogP contribution in [-0.4, -0.2) is 40.3 Å². The first kappa shape index (κ1) is 23.3. The van der Waals surface area contributed by atoms with E-state index in [4.69, 9.17) is 5.11 Å². The molecule has 26 heavy (non-hydrogen) atoms. The molecule has 1 aliphatic rings. The zero-order valence-corrected chi connectivity index (χ0v) is 16.8. The number of alkyl halides is 1. The molecule has 5 atom stereocenters. The van der Waals surface area contributed by atoms with Crippen LogP contribution in [0, 0.1) is 17.3 Å². The van der Waals surface area contributed by atoms with E-state index in [0.29, 0.717) is 6.42 Å². The van der Waals surface area contributed by atoms with Crippen LogP contribution in [0.25, 0.3) is 0 Å². The third-order valence-electron chi connectivity index (χ3n) is 5.71. The minimum atomic E-state index is -1.01. The van der Waals surface area contributed by atoms with Gasteiger partial charge in [-0.25, -0.2) is 4.39 Å². The van der Waals surface area contributed by atoms with Gasteiger partial charge in [0, 0.05) is 24.9 Å². The van der Waals surface area contributed by atoms with Crippen LogP contribution < -0.4 is 0 Å². The molecule has 4 heteroatoms. The number of rotatable bonds is 12. The quantitative estimate of drug-likeness (QED) is 0.348. The van der Waals surface area contributed by atoms with Crippen LogP contribution in [0.3, 0.4) is 0 Å². The van der Waals surface area contributed by atoms with Gasteiger partial charge in [-0.2, -0.15) is 0 Å². The van der Waals surface area contributed by atoms with Gasteiger partial charge in [0.1, 0.15) is 6.17 Å².